The molecule has 37 heavy (non-hydrogen) atoms. The molecule has 0 heterocycles. The normalized spacial score (nSPS) is 11.2. The van der Waals surface area contributed by atoms with Crippen molar-refractivity contribution in [3.63, 3.8) is 0 Å². The highest BCUT2D eigenvalue weighted by atomic mass is 32.2. The van der Waals surface area contributed by atoms with Gasteiger partial charge in [0.05, 0.1) is 56.4 Å². The summed E-state index contributed by atoms with van der Waals surface area (Å²) in [6.45, 7) is 9.42. The van der Waals surface area contributed by atoms with Gasteiger partial charge in [-0.25, -0.2) is 13.8 Å². The lowest BCUT2D eigenvalue weighted by Gasteiger charge is -2.28. The number of benzene rings is 2. The number of carboxylic acids is 2. The number of rotatable bonds is 16. The summed E-state index contributed by atoms with van der Waals surface area (Å²) < 4.78 is 12.5. The standard InChI is InChI=1S/C16H36P.C14H10O5S/c1-5-9-13-17(14-10-6-2,15-11-7-3)16-12-8-4;15-13(16)9-5-1-3-7-11(9)20(19)12-8-4-2-6-10(12)14(17)18/h5-16H2,1-4H3;1-8H,(H,15,16)(H,17,18)/q+1;. The van der Waals surface area contributed by atoms with E-state index in [0.717, 1.165) is 0 Å². The Labute approximate surface area is 226 Å². The van der Waals surface area contributed by atoms with Crippen molar-refractivity contribution in [1.82, 2.24) is 0 Å². The van der Waals surface area contributed by atoms with Crippen molar-refractivity contribution in [2.24, 2.45) is 0 Å². The minimum atomic E-state index is -1.87. The second-order valence-electron chi connectivity index (χ2n) is 9.52. The molecule has 2 rings (SSSR count). The van der Waals surface area contributed by atoms with Crippen LogP contribution in [0.1, 0.15) is 99.8 Å². The summed E-state index contributed by atoms with van der Waals surface area (Å²) in [5.74, 6) is -2.41. The van der Waals surface area contributed by atoms with E-state index in [0.29, 0.717) is 0 Å². The molecule has 206 valence electrons. The van der Waals surface area contributed by atoms with Gasteiger partial charge in [-0.2, -0.15) is 0 Å². The zero-order valence-corrected chi connectivity index (χ0v) is 24.8. The molecule has 0 spiro atoms. The summed E-state index contributed by atoms with van der Waals surface area (Å²) >= 11 is 0. The molecular formula is C30H46O5PS+. The van der Waals surface area contributed by atoms with Crippen LogP contribution in [0.5, 0.6) is 0 Å². The van der Waals surface area contributed by atoms with Gasteiger partial charge < -0.3 is 10.2 Å². The van der Waals surface area contributed by atoms with E-state index in [4.69, 9.17) is 10.2 Å². The van der Waals surface area contributed by atoms with Crippen molar-refractivity contribution < 1.29 is 24.0 Å². The zero-order valence-electron chi connectivity index (χ0n) is 23.1. The van der Waals surface area contributed by atoms with Crippen LogP contribution in [0.15, 0.2) is 58.3 Å². The smallest absolute Gasteiger partial charge is 0.336 e. The highest BCUT2D eigenvalue weighted by molar-refractivity contribution is 7.85. The predicted octanol–water partition coefficient (Wildman–Crippen LogP) is 8.45. The zero-order chi connectivity index (χ0) is 27.7. The van der Waals surface area contributed by atoms with Gasteiger partial charge in [-0.05, 0) is 49.9 Å². The average Bonchev–Trinajstić information content (AvgIpc) is 2.92. The third kappa shape index (κ3) is 11.1. The van der Waals surface area contributed by atoms with Gasteiger partial charge >= 0.3 is 11.9 Å². The molecule has 0 bridgehead atoms. The Hall–Kier alpha value is -2.04. The van der Waals surface area contributed by atoms with Crippen LogP contribution in [0, 0.1) is 0 Å². The van der Waals surface area contributed by atoms with E-state index >= 15 is 0 Å². The summed E-state index contributed by atoms with van der Waals surface area (Å²) in [7, 11) is -2.43. The lowest BCUT2D eigenvalue weighted by molar-refractivity contribution is 0.0683. The van der Waals surface area contributed by atoms with Crippen LogP contribution in [0.3, 0.4) is 0 Å². The minimum Gasteiger partial charge on any atom is -0.478 e. The second kappa shape index (κ2) is 18.3. The fraction of sp³-hybridized carbons (Fsp3) is 0.533. The molecule has 0 aromatic heterocycles. The Bertz CT molecular complexity index is 894. The van der Waals surface area contributed by atoms with Gasteiger partial charge in [0.2, 0.25) is 0 Å². The van der Waals surface area contributed by atoms with E-state index in [9.17, 15) is 13.8 Å². The molecule has 2 aromatic carbocycles. The number of aromatic carboxylic acids is 2. The Morgan fingerprint density at radius 2 is 0.919 bits per heavy atom. The maximum atomic E-state index is 12.5. The lowest BCUT2D eigenvalue weighted by Crippen LogP contribution is -2.12. The average molecular weight is 550 g/mol. The highest BCUT2D eigenvalue weighted by Gasteiger charge is 2.34. The number of hydrogen-bond acceptors (Lipinski definition) is 3. The van der Waals surface area contributed by atoms with Gasteiger partial charge in [0.1, 0.15) is 0 Å². The number of unbranched alkanes of at least 4 members (excludes halogenated alkanes) is 4. The first-order valence-electron chi connectivity index (χ1n) is 13.7. The molecule has 2 N–H and O–H groups in total. The van der Waals surface area contributed by atoms with Crippen LogP contribution in [-0.4, -0.2) is 51.0 Å². The Balaban J connectivity index is 0.000000377. The van der Waals surface area contributed by atoms with Crippen molar-refractivity contribution >= 4 is 30.0 Å². The SMILES string of the molecule is CCCC[P+](CCCC)(CCCC)CCCC.O=C(O)c1ccccc1S(=O)c1ccccc1C(=O)O. The summed E-state index contributed by atoms with van der Waals surface area (Å²) in [4.78, 5) is 22.4. The molecule has 0 unspecified atom stereocenters. The first kappa shape index (κ1) is 33.0. The molecule has 0 fully saturated rings. The first-order chi connectivity index (χ1) is 17.8. The van der Waals surface area contributed by atoms with E-state index in [1.165, 1.54) is 87.8 Å². The van der Waals surface area contributed by atoms with Crippen molar-refractivity contribution in [2.75, 3.05) is 24.6 Å². The molecule has 7 heteroatoms. The van der Waals surface area contributed by atoms with Crippen LogP contribution in [0.2, 0.25) is 0 Å². The Morgan fingerprint density at radius 1 is 0.622 bits per heavy atom. The van der Waals surface area contributed by atoms with Crippen molar-refractivity contribution in [3.8, 4) is 0 Å². The minimum absolute atomic E-state index is 0.0775. The monoisotopic (exact) mass is 549 g/mol. The number of carbonyl (C=O) groups is 2. The predicted molar refractivity (Wildman–Crippen MR) is 157 cm³/mol. The molecule has 0 atom stereocenters. The first-order valence-corrected chi connectivity index (χ1v) is 17.4. The van der Waals surface area contributed by atoms with Crippen LogP contribution in [0.4, 0.5) is 0 Å². The second-order valence-corrected chi connectivity index (χ2v) is 15.4. The largest absolute Gasteiger partial charge is 0.478 e. The van der Waals surface area contributed by atoms with E-state index in [-0.39, 0.29) is 20.9 Å². The van der Waals surface area contributed by atoms with E-state index in [1.54, 1.807) is 36.8 Å². The van der Waals surface area contributed by atoms with Gasteiger partial charge in [0, 0.05) is 7.26 Å². The van der Waals surface area contributed by atoms with Gasteiger partial charge in [-0.1, -0.05) is 77.6 Å². The van der Waals surface area contributed by atoms with Crippen LogP contribution in [-0.2, 0) is 10.8 Å². The van der Waals surface area contributed by atoms with Crippen molar-refractivity contribution in [1.29, 1.82) is 0 Å². The Kier molecular flexibility index (Phi) is 16.3. The number of carboxylic acid groups (broad SMARTS) is 2. The lowest BCUT2D eigenvalue weighted by atomic mass is 10.2. The summed E-state index contributed by atoms with van der Waals surface area (Å²) in [5, 5.41) is 18.2. The van der Waals surface area contributed by atoms with Crippen molar-refractivity contribution in [3.05, 3.63) is 59.7 Å². The maximum Gasteiger partial charge on any atom is 0.336 e. The van der Waals surface area contributed by atoms with E-state index in [2.05, 4.69) is 27.7 Å². The van der Waals surface area contributed by atoms with Gasteiger partial charge in [-0.3, -0.25) is 0 Å². The van der Waals surface area contributed by atoms with Gasteiger partial charge in [0.15, 0.2) is 0 Å². The van der Waals surface area contributed by atoms with E-state index < -0.39 is 30.0 Å². The Morgan fingerprint density at radius 3 is 1.19 bits per heavy atom. The molecular weight excluding hydrogens is 503 g/mol. The molecule has 0 aliphatic rings. The third-order valence-electron chi connectivity index (χ3n) is 6.58. The van der Waals surface area contributed by atoms with Gasteiger partial charge in [0.25, 0.3) is 0 Å². The third-order valence-corrected chi connectivity index (χ3v) is 13.1. The van der Waals surface area contributed by atoms with Crippen LogP contribution >= 0.6 is 7.26 Å². The quantitative estimate of drug-likeness (QED) is 0.205. The van der Waals surface area contributed by atoms with Crippen LogP contribution in [0.25, 0.3) is 0 Å². The molecule has 0 aliphatic heterocycles. The molecule has 0 saturated heterocycles. The molecule has 0 aliphatic carbocycles. The van der Waals surface area contributed by atoms with E-state index in [1.807, 2.05) is 0 Å². The maximum absolute atomic E-state index is 12.5. The van der Waals surface area contributed by atoms with Crippen molar-refractivity contribution in [2.45, 2.75) is 88.9 Å². The molecule has 0 radical (unpaired) electrons. The topological polar surface area (TPSA) is 91.7 Å². The highest BCUT2D eigenvalue weighted by Crippen LogP contribution is 2.61. The summed E-state index contributed by atoms with van der Waals surface area (Å²) in [6, 6.07) is 11.7. The molecule has 2 aromatic rings. The van der Waals surface area contributed by atoms with Crippen LogP contribution < -0.4 is 0 Å². The molecule has 0 saturated carbocycles. The fourth-order valence-electron chi connectivity index (χ4n) is 4.37. The summed E-state index contributed by atoms with van der Waals surface area (Å²) in [6.07, 6.45) is 17.9. The molecule has 5 nitrogen and oxygen atoms in total. The number of hydrogen-bond donors (Lipinski definition) is 2. The van der Waals surface area contributed by atoms with Gasteiger partial charge in [-0.15, -0.1) is 0 Å². The molecule has 0 amide bonds. The fourth-order valence-corrected chi connectivity index (χ4v) is 11.0. The summed E-state index contributed by atoms with van der Waals surface area (Å²) in [5.41, 5.74) is -0.211.